The smallest absolute Gasteiger partial charge is 0.223 e. The second-order valence-corrected chi connectivity index (χ2v) is 5.52. The van der Waals surface area contributed by atoms with Crippen LogP contribution in [-0.4, -0.2) is 34.1 Å². The van der Waals surface area contributed by atoms with E-state index in [4.69, 9.17) is 0 Å². The van der Waals surface area contributed by atoms with Gasteiger partial charge in [-0.3, -0.25) is 4.79 Å². The van der Waals surface area contributed by atoms with Crippen molar-refractivity contribution < 1.29 is 9.90 Å². The summed E-state index contributed by atoms with van der Waals surface area (Å²) in [7, 11) is 0. The number of benzene rings is 1. The normalized spacial score (nSPS) is 13.1. The molecule has 0 bridgehead atoms. The van der Waals surface area contributed by atoms with Crippen LogP contribution in [0.4, 0.5) is 5.95 Å². The summed E-state index contributed by atoms with van der Waals surface area (Å²) in [6, 6.07) is 11.0. The summed E-state index contributed by atoms with van der Waals surface area (Å²) in [5, 5.41) is 16.3. The van der Waals surface area contributed by atoms with Crippen LogP contribution in [0.1, 0.15) is 25.3 Å². The van der Waals surface area contributed by atoms with Gasteiger partial charge < -0.3 is 15.7 Å². The fraction of sp³-hybridized carbons (Fsp3) is 0.353. The highest BCUT2D eigenvalue weighted by atomic mass is 16.3. The van der Waals surface area contributed by atoms with Crippen LogP contribution in [0, 0.1) is 0 Å². The quantitative estimate of drug-likeness (QED) is 0.646. The van der Waals surface area contributed by atoms with Crippen LogP contribution >= 0.6 is 0 Å². The Kier molecular flexibility index (Phi) is 6.05. The van der Waals surface area contributed by atoms with E-state index in [2.05, 4.69) is 20.6 Å². The predicted molar refractivity (Wildman–Crippen MR) is 88.8 cm³/mol. The van der Waals surface area contributed by atoms with Gasteiger partial charge in [0.25, 0.3) is 0 Å². The Morgan fingerprint density at radius 1 is 1.13 bits per heavy atom. The summed E-state index contributed by atoms with van der Waals surface area (Å²) >= 11 is 0. The second kappa shape index (κ2) is 8.24. The molecule has 0 radical (unpaired) electrons. The molecular weight excluding hydrogens is 292 g/mol. The van der Waals surface area contributed by atoms with E-state index < -0.39 is 5.60 Å². The van der Waals surface area contributed by atoms with Crippen molar-refractivity contribution in [2.24, 2.45) is 0 Å². The van der Waals surface area contributed by atoms with Crippen molar-refractivity contribution in [3.8, 4) is 0 Å². The first-order chi connectivity index (χ1) is 11.1. The summed E-state index contributed by atoms with van der Waals surface area (Å²) in [5.41, 5.74) is -0.431. The molecule has 0 aliphatic heterocycles. The molecule has 0 saturated heterocycles. The van der Waals surface area contributed by atoms with E-state index in [9.17, 15) is 9.90 Å². The first-order valence-electron chi connectivity index (χ1n) is 7.63. The fourth-order valence-electron chi connectivity index (χ4n) is 2.18. The molecule has 1 heterocycles. The first-order valence-corrected chi connectivity index (χ1v) is 7.63. The van der Waals surface area contributed by atoms with Gasteiger partial charge in [-0.25, -0.2) is 9.97 Å². The Morgan fingerprint density at radius 2 is 1.83 bits per heavy atom. The Hall–Kier alpha value is -2.47. The van der Waals surface area contributed by atoms with Crippen molar-refractivity contribution in [1.29, 1.82) is 0 Å². The number of hydrogen-bond acceptors (Lipinski definition) is 5. The minimum absolute atomic E-state index is 0.0340. The van der Waals surface area contributed by atoms with E-state index >= 15 is 0 Å². The third kappa shape index (κ3) is 5.67. The lowest BCUT2D eigenvalue weighted by molar-refractivity contribution is -0.125. The monoisotopic (exact) mass is 314 g/mol. The van der Waals surface area contributed by atoms with Crippen LogP contribution in [0.15, 0.2) is 48.8 Å². The van der Waals surface area contributed by atoms with Crippen LogP contribution in [-0.2, 0) is 10.4 Å². The van der Waals surface area contributed by atoms with E-state index in [1.807, 2.05) is 30.3 Å². The maximum Gasteiger partial charge on any atom is 0.223 e. The largest absolute Gasteiger partial charge is 0.385 e. The average Bonchev–Trinajstić information content (AvgIpc) is 2.56. The zero-order chi connectivity index (χ0) is 16.5. The molecule has 2 rings (SSSR count). The summed E-state index contributed by atoms with van der Waals surface area (Å²) < 4.78 is 0. The van der Waals surface area contributed by atoms with Crippen molar-refractivity contribution in [1.82, 2.24) is 15.3 Å². The highest BCUT2D eigenvalue weighted by Gasteiger charge is 2.26. The summed E-state index contributed by atoms with van der Waals surface area (Å²) in [6.07, 6.45) is 4.12. The Labute approximate surface area is 136 Å². The van der Waals surface area contributed by atoms with Gasteiger partial charge in [-0.05, 0) is 25.0 Å². The number of rotatable bonds is 8. The molecule has 0 aliphatic carbocycles. The maximum atomic E-state index is 11.9. The number of hydrogen-bond donors (Lipinski definition) is 3. The standard InChI is InChI=1S/C17H22N4O2/c1-17(23,14-7-3-2-4-8-14)13-15(22)18-9-5-10-19-16-20-11-6-12-21-16/h2-4,6-8,11-12,23H,5,9-10,13H2,1H3,(H,18,22)(H,19,20,21). The molecule has 2 aromatic rings. The molecule has 0 spiro atoms. The van der Waals surface area contributed by atoms with Crippen LogP contribution in [0.5, 0.6) is 0 Å². The summed E-state index contributed by atoms with van der Waals surface area (Å²) in [6.45, 7) is 2.85. The molecule has 0 fully saturated rings. The van der Waals surface area contributed by atoms with Crippen molar-refractivity contribution in [3.63, 3.8) is 0 Å². The number of carbonyl (C=O) groups is 1. The van der Waals surface area contributed by atoms with Crippen LogP contribution in [0.2, 0.25) is 0 Å². The molecule has 6 heteroatoms. The summed E-state index contributed by atoms with van der Waals surface area (Å²) in [4.78, 5) is 20.1. The fourth-order valence-corrected chi connectivity index (χ4v) is 2.18. The van der Waals surface area contributed by atoms with Gasteiger partial charge in [0.15, 0.2) is 0 Å². The SMILES string of the molecule is CC(O)(CC(=O)NCCCNc1ncccn1)c1ccccc1. The van der Waals surface area contributed by atoms with Crippen LogP contribution < -0.4 is 10.6 Å². The van der Waals surface area contributed by atoms with E-state index in [1.165, 1.54) is 0 Å². The molecule has 1 amide bonds. The molecule has 1 atom stereocenters. The van der Waals surface area contributed by atoms with Gasteiger partial charge in [-0.15, -0.1) is 0 Å². The number of aromatic nitrogens is 2. The van der Waals surface area contributed by atoms with Gasteiger partial charge >= 0.3 is 0 Å². The molecule has 1 aromatic carbocycles. The highest BCUT2D eigenvalue weighted by Crippen LogP contribution is 2.23. The molecule has 0 saturated carbocycles. The molecule has 1 aromatic heterocycles. The number of nitrogens with zero attached hydrogens (tertiary/aromatic N) is 2. The van der Waals surface area contributed by atoms with Gasteiger partial charge in [-0.1, -0.05) is 30.3 Å². The third-order valence-electron chi connectivity index (χ3n) is 3.43. The average molecular weight is 314 g/mol. The van der Waals surface area contributed by atoms with E-state index in [0.717, 1.165) is 12.0 Å². The molecule has 23 heavy (non-hydrogen) atoms. The van der Waals surface area contributed by atoms with Crippen molar-refractivity contribution in [2.75, 3.05) is 18.4 Å². The second-order valence-electron chi connectivity index (χ2n) is 5.52. The van der Waals surface area contributed by atoms with E-state index in [-0.39, 0.29) is 12.3 Å². The number of nitrogens with one attached hydrogen (secondary N) is 2. The minimum atomic E-state index is -1.17. The van der Waals surface area contributed by atoms with Crippen molar-refractivity contribution in [2.45, 2.75) is 25.4 Å². The third-order valence-corrected chi connectivity index (χ3v) is 3.43. The molecule has 3 N–H and O–H groups in total. The highest BCUT2D eigenvalue weighted by molar-refractivity contribution is 5.77. The molecule has 0 aliphatic rings. The van der Waals surface area contributed by atoms with Crippen LogP contribution in [0.3, 0.4) is 0 Å². The lowest BCUT2D eigenvalue weighted by Gasteiger charge is -2.23. The Bertz CT molecular complexity index is 603. The lowest BCUT2D eigenvalue weighted by atomic mass is 9.92. The molecule has 122 valence electrons. The van der Waals surface area contributed by atoms with Crippen LogP contribution in [0.25, 0.3) is 0 Å². The van der Waals surface area contributed by atoms with Gasteiger partial charge in [0.2, 0.25) is 11.9 Å². The van der Waals surface area contributed by atoms with E-state index in [0.29, 0.717) is 19.0 Å². The lowest BCUT2D eigenvalue weighted by Crippen LogP contribution is -2.33. The number of aliphatic hydroxyl groups is 1. The zero-order valence-electron chi connectivity index (χ0n) is 13.2. The Morgan fingerprint density at radius 3 is 2.52 bits per heavy atom. The maximum absolute atomic E-state index is 11.9. The summed E-state index contributed by atoms with van der Waals surface area (Å²) in [5.74, 6) is 0.403. The number of carbonyl (C=O) groups excluding carboxylic acids is 1. The number of amides is 1. The zero-order valence-corrected chi connectivity index (χ0v) is 13.2. The minimum Gasteiger partial charge on any atom is -0.385 e. The predicted octanol–water partition coefficient (Wildman–Crippen LogP) is 1.69. The van der Waals surface area contributed by atoms with Gasteiger partial charge in [-0.2, -0.15) is 0 Å². The molecular formula is C17H22N4O2. The van der Waals surface area contributed by atoms with Gasteiger partial charge in [0, 0.05) is 25.5 Å². The molecule has 1 unspecified atom stereocenters. The van der Waals surface area contributed by atoms with Gasteiger partial charge in [0.1, 0.15) is 0 Å². The van der Waals surface area contributed by atoms with Crippen molar-refractivity contribution in [3.05, 3.63) is 54.4 Å². The topological polar surface area (TPSA) is 87.1 Å². The number of anilines is 1. The molecule has 6 nitrogen and oxygen atoms in total. The van der Waals surface area contributed by atoms with E-state index in [1.54, 1.807) is 25.4 Å². The first kappa shape index (κ1) is 16.9. The van der Waals surface area contributed by atoms with Crippen molar-refractivity contribution >= 4 is 11.9 Å². The van der Waals surface area contributed by atoms with Gasteiger partial charge in [0.05, 0.1) is 12.0 Å². The Balaban J connectivity index is 1.67.